The molecule has 2 aromatic heterocycles. The van der Waals surface area contributed by atoms with Gasteiger partial charge in [-0.1, -0.05) is 25.4 Å². The number of benzene rings is 1. The van der Waals surface area contributed by atoms with Gasteiger partial charge in [0.2, 0.25) is 5.95 Å². The monoisotopic (exact) mass is 469 g/mol. The Hall–Kier alpha value is -3.20. The number of likely N-dealkylation sites (N-methyl/N-ethyl adjacent to an activating group) is 1. The molecule has 5 rings (SSSR count). The second-order valence-electron chi connectivity index (χ2n) is 9.05. The van der Waals surface area contributed by atoms with Crippen LogP contribution in [0.5, 0.6) is 0 Å². The normalized spacial score (nSPS) is 19.5. The van der Waals surface area contributed by atoms with Crippen molar-refractivity contribution in [1.82, 2.24) is 24.4 Å². The number of amides is 2. The first-order chi connectivity index (χ1) is 15.8. The summed E-state index contributed by atoms with van der Waals surface area (Å²) < 4.78 is 15.3. The highest BCUT2D eigenvalue weighted by Gasteiger charge is 2.47. The lowest BCUT2D eigenvalue weighted by atomic mass is 10.0. The molecule has 0 spiro atoms. The third-order valence-corrected chi connectivity index (χ3v) is 6.65. The molecule has 33 heavy (non-hydrogen) atoms. The van der Waals surface area contributed by atoms with E-state index in [9.17, 15) is 9.18 Å². The molecule has 1 aliphatic carbocycles. The van der Waals surface area contributed by atoms with Crippen LogP contribution in [0.2, 0.25) is 5.02 Å². The first-order valence-electron chi connectivity index (χ1n) is 10.9. The van der Waals surface area contributed by atoms with Crippen molar-refractivity contribution in [1.29, 1.82) is 0 Å². The first-order valence-corrected chi connectivity index (χ1v) is 11.3. The molecule has 10 heteroatoms. The number of imidazole rings is 1. The Bertz CT molecular complexity index is 1210. The largest absolute Gasteiger partial charge is 0.343 e. The summed E-state index contributed by atoms with van der Waals surface area (Å²) in [6.45, 7) is 4.88. The van der Waals surface area contributed by atoms with Crippen molar-refractivity contribution >= 4 is 29.4 Å². The van der Waals surface area contributed by atoms with Crippen LogP contribution in [-0.4, -0.2) is 50.1 Å². The van der Waals surface area contributed by atoms with E-state index in [1.54, 1.807) is 40.5 Å². The Morgan fingerprint density at radius 3 is 2.73 bits per heavy atom. The zero-order chi connectivity index (χ0) is 23.3. The summed E-state index contributed by atoms with van der Waals surface area (Å²) in [5.41, 5.74) is 1.19. The molecule has 2 fully saturated rings. The summed E-state index contributed by atoms with van der Waals surface area (Å²) in [6, 6.07) is 6.32. The van der Waals surface area contributed by atoms with E-state index in [1.807, 2.05) is 17.8 Å². The van der Waals surface area contributed by atoms with Gasteiger partial charge in [0.05, 0.1) is 28.6 Å². The number of halogens is 2. The van der Waals surface area contributed by atoms with Gasteiger partial charge in [-0.15, -0.1) is 0 Å². The molecule has 1 N–H and O–H groups in total. The maximum Gasteiger partial charge on any atom is 0.325 e. The van der Waals surface area contributed by atoms with Gasteiger partial charge in [0.25, 0.3) is 0 Å². The van der Waals surface area contributed by atoms with Gasteiger partial charge >= 0.3 is 6.03 Å². The molecular formula is C23H25ClFN7O. The lowest BCUT2D eigenvalue weighted by molar-refractivity contribution is 0.229. The Morgan fingerprint density at radius 1 is 1.24 bits per heavy atom. The number of hydrogen-bond donors (Lipinski definition) is 1. The fourth-order valence-electron chi connectivity index (χ4n) is 4.23. The lowest BCUT2D eigenvalue weighted by Crippen LogP contribution is -2.38. The van der Waals surface area contributed by atoms with Crippen LogP contribution in [0.4, 0.5) is 21.0 Å². The number of hydrogen-bond acceptors (Lipinski definition) is 5. The molecule has 8 nitrogen and oxygen atoms in total. The molecule has 2 amide bonds. The Morgan fingerprint density at radius 2 is 2.03 bits per heavy atom. The second-order valence-corrected chi connectivity index (χ2v) is 9.46. The number of nitrogens with one attached hydrogen (secondary N) is 1. The fraction of sp³-hybridized carbons (Fsp3) is 0.391. The molecule has 2 aliphatic rings. The molecule has 1 saturated carbocycles. The van der Waals surface area contributed by atoms with Crippen molar-refractivity contribution in [3.8, 4) is 5.69 Å². The van der Waals surface area contributed by atoms with Gasteiger partial charge in [-0.25, -0.2) is 19.2 Å². The fourth-order valence-corrected chi connectivity index (χ4v) is 4.40. The number of urea groups is 1. The van der Waals surface area contributed by atoms with Crippen LogP contribution in [-0.2, 0) is 5.54 Å². The van der Waals surface area contributed by atoms with Crippen LogP contribution >= 0.6 is 11.6 Å². The molecular weight excluding hydrogens is 445 g/mol. The summed E-state index contributed by atoms with van der Waals surface area (Å²) in [5, 5.41) is 3.49. The molecule has 1 atom stereocenters. The zero-order valence-corrected chi connectivity index (χ0v) is 19.4. The van der Waals surface area contributed by atoms with Crippen molar-refractivity contribution in [3.63, 3.8) is 0 Å². The zero-order valence-electron chi connectivity index (χ0n) is 18.7. The standard InChI is InChI=1S/C23H25ClFN7O/c1-14(2)18-11-30(3)22(33)32(18)20-6-9-26-21(28-20)29-23(7-8-23)19-12-31(13-27-19)15-4-5-17(25)16(24)10-15/h4-6,9-10,12-14,18H,7-8,11H2,1-3H3,(H,26,28,29). The number of carbonyl (C=O) groups excluding carboxylic acids is 1. The molecule has 3 aromatic rings. The summed E-state index contributed by atoms with van der Waals surface area (Å²) >= 11 is 5.93. The number of carbonyl (C=O) groups is 1. The average Bonchev–Trinajstić information content (AvgIpc) is 3.25. The van der Waals surface area contributed by atoms with Crippen LogP contribution in [0.15, 0.2) is 43.0 Å². The predicted octanol–water partition coefficient (Wildman–Crippen LogP) is 4.45. The van der Waals surface area contributed by atoms with Gasteiger partial charge in [-0.2, -0.15) is 4.98 Å². The predicted molar refractivity (Wildman–Crippen MR) is 124 cm³/mol. The summed E-state index contributed by atoms with van der Waals surface area (Å²) in [5.74, 6) is 0.876. The first kappa shape index (κ1) is 21.6. The van der Waals surface area contributed by atoms with Crippen LogP contribution in [0.25, 0.3) is 5.69 Å². The number of aromatic nitrogens is 4. The third-order valence-electron chi connectivity index (χ3n) is 6.36. The van der Waals surface area contributed by atoms with Gasteiger partial charge in [-0.3, -0.25) is 4.90 Å². The average molecular weight is 470 g/mol. The highest BCUT2D eigenvalue weighted by Crippen LogP contribution is 2.47. The lowest BCUT2D eigenvalue weighted by Gasteiger charge is -2.25. The SMILES string of the molecule is CC(C)C1CN(C)C(=O)N1c1ccnc(NC2(c3cn(-c4ccc(F)c(Cl)c4)cn3)CC2)n1. The van der Waals surface area contributed by atoms with Gasteiger partial charge < -0.3 is 14.8 Å². The van der Waals surface area contributed by atoms with Crippen LogP contribution in [0.1, 0.15) is 32.4 Å². The Labute approximate surface area is 196 Å². The molecule has 1 saturated heterocycles. The molecule has 3 heterocycles. The maximum atomic E-state index is 13.5. The van der Waals surface area contributed by atoms with Gasteiger partial charge in [0, 0.05) is 31.7 Å². The minimum Gasteiger partial charge on any atom is -0.343 e. The smallest absolute Gasteiger partial charge is 0.325 e. The van der Waals surface area contributed by atoms with Crippen molar-refractivity contribution in [2.75, 3.05) is 23.8 Å². The van der Waals surface area contributed by atoms with E-state index in [0.29, 0.717) is 24.2 Å². The van der Waals surface area contributed by atoms with E-state index in [-0.39, 0.29) is 22.6 Å². The maximum absolute atomic E-state index is 13.5. The van der Waals surface area contributed by atoms with Gasteiger partial charge in [0.1, 0.15) is 11.6 Å². The van der Waals surface area contributed by atoms with Crippen molar-refractivity contribution < 1.29 is 9.18 Å². The third kappa shape index (κ3) is 3.90. The van der Waals surface area contributed by atoms with Crippen molar-refractivity contribution in [3.05, 3.63) is 59.5 Å². The summed E-state index contributed by atoms with van der Waals surface area (Å²) in [4.78, 5) is 29.9. The van der Waals surface area contributed by atoms with E-state index < -0.39 is 5.82 Å². The molecule has 0 bridgehead atoms. The van der Waals surface area contributed by atoms with E-state index in [1.165, 1.54) is 6.07 Å². The number of rotatable bonds is 6. The molecule has 0 radical (unpaired) electrons. The quantitative estimate of drug-likeness (QED) is 0.577. The number of nitrogens with zero attached hydrogens (tertiary/aromatic N) is 6. The summed E-state index contributed by atoms with van der Waals surface area (Å²) in [6.07, 6.45) is 7.01. The van der Waals surface area contributed by atoms with Gasteiger partial charge in [-0.05, 0) is 43.0 Å². The highest BCUT2D eigenvalue weighted by molar-refractivity contribution is 6.30. The summed E-state index contributed by atoms with van der Waals surface area (Å²) in [7, 11) is 1.81. The molecule has 172 valence electrons. The Kier molecular flexibility index (Phi) is 5.23. The highest BCUT2D eigenvalue weighted by atomic mass is 35.5. The topological polar surface area (TPSA) is 79.2 Å². The van der Waals surface area contributed by atoms with Crippen molar-refractivity contribution in [2.24, 2.45) is 5.92 Å². The second kappa shape index (κ2) is 7.98. The Balaban J connectivity index is 1.39. The van der Waals surface area contributed by atoms with Crippen molar-refractivity contribution in [2.45, 2.75) is 38.3 Å². The van der Waals surface area contributed by atoms with Gasteiger partial charge in [0.15, 0.2) is 0 Å². The van der Waals surface area contributed by atoms with Crippen LogP contribution in [0.3, 0.4) is 0 Å². The van der Waals surface area contributed by atoms with E-state index in [0.717, 1.165) is 24.2 Å². The molecule has 1 aromatic carbocycles. The number of anilines is 2. The van der Waals surface area contributed by atoms with E-state index in [2.05, 4.69) is 34.1 Å². The van der Waals surface area contributed by atoms with E-state index in [4.69, 9.17) is 11.6 Å². The molecule has 1 unspecified atom stereocenters. The van der Waals surface area contributed by atoms with E-state index >= 15 is 0 Å². The van der Waals surface area contributed by atoms with Crippen LogP contribution < -0.4 is 10.2 Å². The minimum absolute atomic E-state index is 0.0540. The minimum atomic E-state index is -0.458. The molecule has 1 aliphatic heterocycles. The van der Waals surface area contributed by atoms with Crippen LogP contribution in [0, 0.1) is 11.7 Å².